The Morgan fingerprint density at radius 2 is 1.68 bits per heavy atom. The first kappa shape index (κ1) is 21.0. The molecule has 1 aromatic carbocycles. The van der Waals surface area contributed by atoms with Crippen molar-refractivity contribution in [2.45, 2.75) is 56.8 Å². The Labute approximate surface area is 144 Å². The molecule has 0 saturated heterocycles. The topological polar surface area (TPSA) is 92.4 Å². The van der Waals surface area contributed by atoms with E-state index in [-0.39, 0.29) is 11.9 Å². The van der Waals surface area contributed by atoms with E-state index >= 15 is 0 Å². The van der Waals surface area contributed by atoms with Crippen LogP contribution in [0.15, 0.2) is 30.3 Å². The highest BCUT2D eigenvalue weighted by atomic mass is 19.4. The Bertz CT molecular complexity index is 544. The molecular weight excluding hydrogens is 337 g/mol. The second-order valence-electron chi connectivity index (χ2n) is 5.95. The summed E-state index contributed by atoms with van der Waals surface area (Å²) in [4.78, 5) is 20.4. The lowest BCUT2D eigenvalue weighted by Gasteiger charge is -2.27. The average molecular weight is 360 g/mol. The van der Waals surface area contributed by atoms with Gasteiger partial charge < -0.3 is 16.2 Å². The summed E-state index contributed by atoms with van der Waals surface area (Å²) in [5.74, 6) is -3.00. The van der Waals surface area contributed by atoms with Crippen molar-refractivity contribution < 1.29 is 27.9 Å². The second kappa shape index (κ2) is 10.0. The quantitative estimate of drug-likeness (QED) is 0.753. The minimum absolute atomic E-state index is 0.240. The molecule has 0 aliphatic heterocycles. The SMILES string of the molecule is NC(=O)C(Cc1ccccc1)NC1CCCCC1.O=C(O)C(F)(F)F. The summed E-state index contributed by atoms with van der Waals surface area (Å²) in [6, 6.07) is 10.3. The molecule has 2 rings (SSSR count). The molecule has 8 heteroatoms. The average Bonchev–Trinajstić information content (AvgIpc) is 2.56. The fraction of sp³-hybridized carbons (Fsp3) is 0.529. The largest absolute Gasteiger partial charge is 0.490 e. The van der Waals surface area contributed by atoms with E-state index in [0.29, 0.717) is 12.5 Å². The van der Waals surface area contributed by atoms with E-state index in [2.05, 4.69) is 5.32 Å². The number of carbonyl (C=O) groups is 2. The molecule has 0 aromatic heterocycles. The number of amides is 1. The fourth-order valence-electron chi connectivity index (χ4n) is 2.65. The number of halogens is 3. The third-order valence-corrected chi connectivity index (χ3v) is 3.91. The van der Waals surface area contributed by atoms with Gasteiger partial charge in [-0.1, -0.05) is 49.6 Å². The number of carboxylic acids is 1. The second-order valence-corrected chi connectivity index (χ2v) is 5.95. The normalized spacial score (nSPS) is 16.4. The minimum atomic E-state index is -5.08. The molecule has 1 amide bonds. The van der Waals surface area contributed by atoms with Crippen molar-refractivity contribution >= 4 is 11.9 Å². The highest BCUT2D eigenvalue weighted by molar-refractivity contribution is 5.80. The molecule has 4 N–H and O–H groups in total. The van der Waals surface area contributed by atoms with Gasteiger partial charge in [-0.15, -0.1) is 0 Å². The Kier molecular flexibility index (Phi) is 8.40. The Balaban J connectivity index is 0.000000381. The Morgan fingerprint density at radius 1 is 1.16 bits per heavy atom. The van der Waals surface area contributed by atoms with Crippen LogP contribution in [0.2, 0.25) is 0 Å². The third-order valence-electron chi connectivity index (χ3n) is 3.91. The molecule has 140 valence electrons. The molecule has 1 unspecified atom stereocenters. The summed E-state index contributed by atoms with van der Waals surface area (Å²) in [6.07, 6.45) is 1.77. The van der Waals surface area contributed by atoms with Crippen molar-refractivity contribution in [1.82, 2.24) is 5.32 Å². The van der Waals surface area contributed by atoms with Crippen LogP contribution in [0.5, 0.6) is 0 Å². The van der Waals surface area contributed by atoms with Gasteiger partial charge in [0, 0.05) is 6.04 Å². The summed E-state index contributed by atoms with van der Waals surface area (Å²) >= 11 is 0. The van der Waals surface area contributed by atoms with Gasteiger partial charge in [0.1, 0.15) is 0 Å². The first-order chi connectivity index (χ1) is 11.7. The predicted octanol–water partition coefficient (Wildman–Crippen LogP) is 2.64. The van der Waals surface area contributed by atoms with Crippen molar-refractivity contribution in [3.05, 3.63) is 35.9 Å². The highest BCUT2D eigenvalue weighted by Gasteiger charge is 2.38. The molecule has 1 saturated carbocycles. The van der Waals surface area contributed by atoms with Gasteiger partial charge in [0.15, 0.2) is 0 Å². The summed E-state index contributed by atoms with van der Waals surface area (Å²) < 4.78 is 31.7. The van der Waals surface area contributed by atoms with Crippen molar-refractivity contribution in [2.75, 3.05) is 0 Å². The van der Waals surface area contributed by atoms with Crippen LogP contribution >= 0.6 is 0 Å². The number of benzene rings is 1. The lowest BCUT2D eigenvalue weighted by Crippen LogP contribution is -2.48. The number of primary amides is 1. The molecule has 1 fully saturated rings. The zero-order valence-electron chi connectivity index (χ0n) is 13.8. The monoisotopic (exact) mass is 360 g/mol. The van der Waals surface area contributed by atoms with Crippen LogP contribution in [0.1, 0.15) is 37.7 Å². The van der Waals surface area contributed by atoms with Gasteiger partial charge >= 0.3 is 12.1 Å². The lowest BCUT2D eigenvalue weighted by molar-refractivity contribution is -0.192. The fourth-order valence-corrected chi connectivity index (χ4v) is 2.65. The standard InChI is InChI=1S/C15H22N2O.C2HF3O2/c16-15(18)14(11-12-7-3-1-4-8-12)17-13-9-5-2-6-10-13;3-2(4,5)1(6)7/h1,3-4,7-8,13-14,17H,2,5-6,9-11H2,(H2,16,18);(H,6,7). The van der Waals surface area contributed by atoms with E-state index in [9.17, 15) is 18.0 Å². The van der Waals surface area contributed by atoms with Gasteiger partial charge in [0.2, 0.25) is 5.91 Å². The van der Waals surface area contributed by atoms with Gasteiger partial charge in [-0.05, 0) is 24.8 Å². The van der Waals surface area contributed by atoms with Crippen LogP contribution in [0.3, 0.4) is 0 Å². The van der Waals surface area contributed by atoms with Crippen LogP contribution < -0.4 is 11.1 Å². The molecule has 0 spiro atoms. The molecule has 0 radical (unpaired) electrons. The number of alkyl halides is 3. The number of carbonyl (C=O) groups excluding carboxylic acids is 1. The first-order valence-electron chi connectivity index (χ1n) is 8.09. The van der Waals surface area contributed by atoms with E-state index < -0.39 is 12.1 Å². The van der Waals surface area contributed by atoms with Crippen LogP contribution in [-0.4, -0.2) is 35.2 Å². The van der Waals surface area contributed by atoms with E-state index in [1.165, 1.54) is 32.1 Å². The number of hydrogen-bond donors (Lipinski definition) is 3. The summed E-state index contributed by atoms with van der Waals surface area (Å²) in [5, 5.41) is 10.6. The molecular formula is C17H23F3N2O3. The van der Waals surface area contributed by atoms with Gasteiger partial charge in [-0.25, -0.2) is 4.79 Å². The molecule has 0 bridgehead atoms. The van der Waals surface area contributed by atoms with Crippen LogP contribution in [0, 0.1) is 0 Å². The minimum Gasteiger partial charge on any atom is -0.475 e. The maximum atomic E-state index is 11.5. The van der Waals surface area contributed by atoms with Crippen LogP contribution in [-0.2, 0) is 16.0 Å². The van der Waals surface area contributed by atoms with Gasteiger partial charge in [0.05, 0.1) is 6.04 Å². The smallest absolute Gasteiger partial charge is 0.475 e. The Morgan fingerprint density at radius 3 is 2.12 bits per heavy atom. The number of aliphatic carboxylic acids is 1. The number of rotatable bonds is 5. The maximum absolute atomic E-state index is 11.5. The van der Waals surface area contributed by atoms with Crippen molar-refractivity contribution in [1.29, 1.82) is 0 Å². The molecule has 1 aromatic rings. The number of nitrogens with two attached hydrogens (primary N) is 1. The van der Waals surface area contributed by atoms with Crippen molar-refractivity contribution in [3.8, 4) is 0 Å². The molecule has 5 nitrogen and oxygen atoms in total. The summed E-state index contributed by atoms with van der Waals surface area (Å²) in [6.45, 7) is 0. The van der Waals surface area contributed by atoms with Crippen LogP contribution in [0.4, 0.5) is 13.2 Å². The van der Waals surface area contributed by atoms with Crippen molar-refractivity contribution in [2.24, 2.45) is 5.73 Å². The summed E-state index contributed by atoms with van der Waals surface area (Å²) in [7, 11) is 0. The van der Waals surface area contributed by atoms with E-state index in [1.54, 1.807) is 0 Å². The highest BCUT2D eigenvalue weighted by Crippen LogP contribution is 2.18. The molecule has 0 heterocycles. The van der Waals surface area contributed by atoms with E-state index in [0.717, 1.165) is 5.56 Å². The zero-order chi connectivity index (χ0) is 18.9. The van der Waals surface area contributed by atoms with E-state index in [1.807, 2.05) is 30.3 Å². The maximum Gasteiger partial charge on any atom is 0.490 e. The molecule has 1 aliphatic rings. The summed E-state index contributed by atoms with van der Waals surface area (Å²) in [5.41, 5.74) is 6.66. The number of nitrogens with one attached hydrogen (secondary N) is 1. The van der Waals surface area contributed by atoms with Gasteiger partial charge in [0.25, 0.3) is 0 Å². The van der Waals surface area contributed by atoms with Gasteiger partial charge in [-0.2, -0.15) is 13.2 Å². The van der Waals surface area contributed by atoms with E-state index in [4.69, 9.17) is 15.6 Å². The number of hydrogen-bond acceptors (Lipinski definition) is 3. The lowest BCUT2D eigenvalue weighted by atomic mass is 9.94. The predicted molar refractivity (Wildman–Crippen MR) is 86.8 cm³/mol. The first-order valence-corrected chi connectivity index (χ1v) is 8.09. The molecule has 1 atom stereocenters. The molecule has 25 heavy (non-hydrogen) atoms. The number of carboxylic acid groups (broad SMARTS) is 1. The Hall–Kier alpha value is -2.09. The van der Waals surface area contributed by atoms with Crippen molar-refractivity contribution in [3.63, 3.8) is 0 Å². The van der Waals surface area contributed by atoms with Crippen LogP contribution in [0.25, 0.3) is 0 Å². The zero-order valence-corrected chi connectivity index (χ0v) is 13.8. The third kappa shape index (κ3) is 8.53. The molecule has 1 aliphatic carbocycles. The van der Waals surface area contributed by atoms with Gasteiger partial charge in [-0.3, -0.25) is 4.79 Å².